The smallest absolute Gasteiger partial charge is 0.308 e. The third-order valence-corrected chi connectivity index (χ3v) is 3.85. The Labute approximate surface area is 122 Å². The highest BCUT2D eigenvalue weighted by Crippen LogP contribution is 2.34. The van der Waals surface area contributed by atoms with Crippen LogP contribution in [-0.2, 0) is 23.9 Å². The summed E-state index contributed by atoms with van der Waals surface area (Å²) in [4.78, 5) is 47.7. The Morgan fingerprint density at radius 3 is 2.29 bits per heavy atom. The fourth-order valence-corrected chi connectivity index (χ4v) is 2.61. The molecule has 0 aromatic rings. The van der Waals surface area contributed by atoms with Gasteiger partial charge in [-0.3, -0.25) is 24.1 Å². The molecule has 114 valence electrons. The zero-order chi connectivity index (χ0) is 15.6. The number of rotatable bonds is 5. The van der Waals surface area contributed by atoms with Crippen LogP contribution in [0.25, 0.3) is 0 Å². The average molecular weight is 294 g/mol. The van der Waals surface area contributed by atoms with Gasteiger partial charge in [-0.1, -0.05) is 12.2 Å². The van der Waals surface area contributed by atoms with Crippen LogP contribution in [0.1, 0.15) is 26.2 Å². The third-order valence-electron chi connectivity index (χ3n) is 3.85. The molecule has 1 heterocycles. The van der Waals surface area contributed by atoms with Crippen LogP contribution in [0.5, 0.6) is 0 Å². The number of fused-ring (bicyclic) bond motifs is 1. The molecule has 2 rings (SSSR count). The first-order valence-corrected chi connectivity index (χ1v) is 6.91. The number of amides is 3. The zero-order valence-corrected chi connectivity index (χ0v) is 11.8. The van der Waals surface area contributed by atoms with E-state index in [9.17, 15) is 19.2 Å². The fourth-order valence-electron chi connectivity index (χ4n) is 2.61. The van der Waals surface area contributed by atoms with E-state index < -0.39 is 18.0 Å². The van der Waals surface area contributed by atoms with Crippen molar-refractivity contribution in [3.63, 3.8) is 0 Å². The van der Waals surface area contributed by atoms with Crippen LogP contribution >= 0.6 is 0 Å². The SMILES string of the molecule is C[C@@H](OC(=O)CCN1C(=O)[C@H]2CC=CC[C@@H]2C1=O)C(N)=O. The molecule has 2 N–H and O–H groups in total. The van der Waals surface area contributed by atoms with E-state index in [1.54, 1.807) is 0 Å². The van der Waals surface area contributed by atoms with Crippen LogP contribution in [0.2, 0.25) is 0 Å². The predicted octanol–water partition coefficient (Wildman–Crippen LogP) is -0.255. The monoisotopic (exact) mass is 294 g/mol. The van der Waals surface area contributed by atoms with Gasteiger partial charge in [0, 0.05) is 6.54 Å². The number of likely N-dealkylation sites (tertiary alicyclic amines) is 1. The molecule has 21 heavy (non-hydrogen) atoms. The number of carbonyl (C=O) groups is 4. The Hall–Kier alpha value is -2.18. The van der Waals surface area contributed by atoms with E-state index in [2.05, 4.69) is 0 Å². The summed E-state index contributed by atoms with van der Waals surface area (Å²) in [5.74, 6) is -2.47. The number of allylic oxidation sites excluding steroid dienone is 2. The molecule has 3 atom stereocenters. The predicted molar refractivity (Wildman–Crippen MR) is 71.4 cm³/mol. The highest BCUT2D eigenvalue weighted by molar-refractivity contribution is 6.05. The molecule has 1 saturated heterocycles. The molecule has 7 heteroatoms. The van der Waals surface area contributed by atoms with Crippen LogP contribution in [0, 0.1) is 11.8 Å². The second kappa shape index (κ2) is 6.07. The summed E-state index contributed by atoms with van der Waals surface area (Å²) < 4.78 is 4.79. The number of esters is 1. The molecular formula is C14H18N2O5. The van der Waals surface area contributed by atoms with Crippen LogP contribution in [0.15, 0.2) is 12.2 Å². The summed E-state index contributed by atoms with van der Waals surface area (Å²) in [6.07, 6.45) is 3.78. The van der Waals surface area contributed by atoms with Crippen molar-refractivity contribution in [3.05, 3.63) is 12.2 Å². The molecule has 3 amide bonds. The van der Waals surface area contributed by atoms with Gasteiger partial charge in [0.1, 0.15) is 0 Å². The van der Waals surface area contributed by atoms with E-state index in [4.69, 9.17) is 10.5 Å². The molecular weight excluding hydrogens is 276 g/mol. The number of primary amides is 1. The Kier molecular flexibility index (Phi) is 4.40. The summed E-state index contributed by atoms with van der Waals surface area (Å²) in [6.45, 7) is 1.35. The van der Waals surface area contributed by atoms with Gasteiger partial charge in [-0.15, -0.1) is 0 Å². The minimum absolute atomic E-state index is 0.0189. The molecule has 0 spiro atoms. The number of hydrogen-bond donors (Lipinski definition) is 1. The first-order valence-electron chi connectivity index (χ1n) is 6.91. The Morgan fingerprint density at radius 1 is 1.29 bits per heavy atom. The minimum Gasteiger partial charge on any atom is -0.453 e. The van der Waals surface area contributed by atoms with Crippen LogP contribution in [0.3, 0.4) is 0 Å². The number of carbonyl (C=O) groups excluding carboxylic acids is 4. The number of nitrogens with two attached hydrogens (primary N) is 1. The molecule has 1 aliphatic carbocycles. The lowest BCUT2D eigenvalue weighted by Gasteiger charge is -2.15. The van der Waals surface area contributed by atoms with Gasteiger partial charge in [0.2, 0.25) is 11.8 Å². The molecule has 0 aromatic heterocycles. The highest BCUT2D eigenvalue weighted by atomic mass is 16.5. The van der Waals surface area contributed by atoms with Gasteiger partial charge < -0.3 is 10.5 Å². The Bertz CT molecular complexity index is 487. The summed E-state index contributed by atoms with van der Waals surface area (Å²) in [6, 6.07) is 0. The molecule has 1 aliphatic heterocycles. The average Bonchev–Trinajstić information content (AvgIpc) is 2.69. The first-order chi connectivity index (χ1) is 9.91. The normalized spacial score (nSPS) is 25.7. The van der Waals surface area contributed by atoms with Crippen molar-refractivity contribution < 1.29 is 23.9 Å². The van der Waals surface area contributed by atoms with Crippen molar-refractivity contribution >= 4 is 23.7 Å². The van der Waals surface area contributed by atoms with Crippen molar-refractivity contribution in [2.24, 2.45) is 17.6 Å². The lowest BCUT2D eigenvalue weighted by molar-refractivity contribution is -0.154. The summed E-state index contributed by atoms with van der Waals surface area (Å²) >= 11 is 0. The largest absolute Gasteiger partial charge is 0.453 e. The maximum absolute atomic E-state index is 12.1. The topological polar surface area (TPSA) is 107 Å². The van der Waals surface area contributed by atoms with Crippen molar-refractivity contribution in [3.8, 4) is 0 Å². The van der Waals surface area contributed by atoms with Crippen molar-refractivity contribution in [2.75, 3.05) is 6.54 Å². The molecule has 0 radical (unpaired) electrons. The molecule has 0 saturated carbocycles. The molecule has 1 fully saturated rings. The van der Waals surface area contributed by atoms with Gasteiger partial charge in [0.15, 0.2) is 6.10 Å². The van der Waals surface area contributed by atoms with Gasteiger partial charge >= 0.3 is 5.97 Å². The lowest BCUT2D eigenvalue weighted by atomic mass is 9.85. The number of ether oxygens (including phenoxy) is 1. The quantitative estimate of drug-likeness (QED) is 0.427. The Balaban J connectivity index is 1.89. The standard InChI is InChI=1S/C14H18N2O5/c1-8(12(15)18)21-11(17)6-7-16-13(19)9-4-2-3-5-10(9)14(16)20/h2-3,8-10H,4-7H2,1H3,(H2,15,18)/t8-,9+,10+/m1/s1. The van der Waals surface area contributed by atoms with E-state index in [0.29, 0.717) is 12.8 Å². The van der Waals surface area contributed by atoms with E-state index in [-0.39, 0.29) is 36.6 Å². The van der Waals surface area contributed by atoms with Crippen molar-refractivity contribution in [2.45, 2.75) is 32.3 Å². The van der Waals surface area contributed by atoms with Gasteiger partial charge in [0.05, 0.1) is 18.3 Å². The second-order valence-electron chi connectivity index (χ2n) is 5.27. The van der Waals surface area contributed by atoms with Crippen molar-refractivity contribution in [1.29, 1.82) is 0 Å². The summed E-state index contributed by atoms with van der Waals surface area (Å²) in [5, 5.41) is 0. The number of nitrogens with zero attached hydrogens (tertiary/aromatic N) is 1. The van der Waals surface area contributed by atoms with Crippen LogP contribution < -0.4 is 5.73 Å². The van der Waals surface area contributed by atoms with E-state index >= 15 is 0 Å². The third kappa shape index (κ3) is 3.12. The molecule has 2 aliphatic rings. The number of hydrogen-bond acceptors (Lipinski definition) is 5. The second-order valence-corrected chi connectivity index (χ2v) is 5.27. The van der Waals surface area contributed by atoms with Crippen LogP contribution in [0.4, 0.5) is 0 Å². The van der Waals surface area contributed by atoms with Crippen LogP contribution in [-0.4, -0.2) is 41.2 Å². The Morgan fingerprint density at radius 2 is 1.81 bits per heavy atom. The van der Waals surface area contributed by atoms with Crippen molar-refractivity contribution in [1.82, 2.24) is 4.90 Å². The van der Waals surface area contributed by atoms with Gasteiger partial charge in [-0.2, -0.15) is 0 Å². The van der Waals surface area contributed by atoms with Gasteiger partial charge in [-0.05, 0) is 19.8 Å². The summed E-state index contributed by atoms with van der Waals surface area (Å²) in [7, 11) is 0. The van der Waals surface area contributed by atoms with Gasteiger partial charge in [-0.25, -0.2) is 0 Å². The first kappa shape index (κ1) is 15.2. The maximum atomic E-state index is 12.1. The molecule has 0 unspecified atom stereocenters. The zero-order valence-electron chi connectivity index (χ0n) is 11.8. The fraction of sp³-hybridized carbons (Fsp3) is 0.571. The molecule has 0 aromatic carbocycles. The van der Waals surface area contributed by atoms with Gasteiger partial charge in [0.25, 0.3) is 5.91 Å². The molecule has 7 nitrogen and oxygen atoms in total. The summed E-state index contributed by atoms with van der Waals surface area (Å²) in [5.41, 5.74) is 4.98. The van der Waals surface area contributed by atoms with E-state index in [1.165, 1.54) is 6.92 Å². The minimum atomic E-state index is -1.02. The molecule has 0 bridgehead atoms. The maximum Gasteiger partial charge on any atom is 0.308 e. The highest BCUT2D eigenvalue weighted by Gasteiger charge is 2.46. The lowest BCUT2D eigenvalue weighted by Crippen LogP contribution is -2.35. The number of imide groups is 1. The van der Waals surface area contributed by atoms with E-state index in [1.807, 2.05) is 12.2 Å². The van der Waals surface area contributed by atoms with E-state index in [0.717, 1.165) is 4.90 Å².